The normalized spacial score (nSPS) is 18.1. The fraction of sp³-hybridized carbons (Fsp3) is 0.188. The van der Waals surface area contributed by atoms with Crippen molar-refractivity contribution in [2.45, 2.75) is 13.5 Å². The summed E-state index contributed by atoms with van der Waals surface area (Å²) in [5.41, 5.74) is 0.517. The summed E-state index contributed by atoms with van der Waals surface area (Å²) in [6.07, 6.45) is 3.52. The minimum atomic E-state index is -2.92. The topological polar surface area (TPSA) is 69.7 Å². The number of ether oxygens (including phenoxy) is 2. The van der Waals surface area contributed by atoms with Crippen LogP contribution in [0.5, 0.6) is 5.75 Å². The van der Waals surface area contributed by atoms with Crippen molar-refractivity contribution >= 4 is 23.6 Å². The van der Waals surface area contributed by atoms with Crippen LogP contribution in [0.15, 0.2) is 42.2 Å². The lowest BCUT2D eigenvalue weighted by atomic mass is 9.96. The zero-order valence-electron chi connectivity index (χ0n) is 12.0. The maximum Gasteiger partial charge on any atom is 0.387 e. The van der Waals surface area contributed by atoms with Crippen LogP contribution >= 0.6 is 0 Å². The number of alkyl halides is 2. The van der Waals surface area contributed by atoms with Crippen molar-refractivity contribution in [2.24, 2.45) is 5.92 Å². The lowest BCUT2D eigenvalue weighted by Crippen LogP contribution is -2.34. The molecule has 0 saturated carbocycles. The molecule has 2 rings (SSSR count). The van der Waals surface area contributed by atoms with Gasteiger partial charge in [0.15, 0.2) is 17.5 Å². The van der Waals surface area contributed by atoms with E-state index in [1.54, 1.807) is 0 Å². The van der Waals surface area contributed by atoms with Crippen LogP contribution in [-0.2, 0) is 19.1 Å². The first-order valence-corrected chi connectivity index (χ1v) is 6.57. The Morgan fingerprint density at radius 1 is 1.26 bits per heavy atom. The number of hydrogen-bond donors (Lipinski definition) is 0. The van der Waals surface area contributed by atoms with Crippen LogP contribution in [-0.4, -0.2) is 24.1 Å². The van der Waals surface area contributed by atoms with E-state index in [-0.39, 0.29) is 11.5 Å². The summed E-state index contributed by atoms with van der Waals surface area (Å²) >= 11 is 0. The van der Waals surface area contributed by atoms with E-state index in [1.165, 1.54) is 37.3 Å². The SMILES string of the molecule is CC1=CC(=O)C(C(=O)/C=C/c2ccc(OC(F)F)cc2)C(=O)O1. The molecule has 1 atom stereocenters. The van der Waals surface area contributed by atoms with Crippen molar-refractivity contribution in [3.63, 3.8) is 0 Å². The molecule has 1 heterocycles. The Kier molecular flexibility index (Phi) is 5.00. The van der Waals surface area contributed by atoms with E-state index in [1.807, 2.05) is 0 Å². The second-order valence-electron chi connectivity index (χ2n) is 4.69. The van der Waals surface area contributed by atoms with E-state index in [0.29, 0.717) is 5.56 Å². The van der Waals surface area contributed by atoms with Gasteiger partial charge >= 0.3 is 12.6 Å². The number of carbonyl (C=O) groups excluding carboxylic acids is 3. The molecule has 7 heteroatoms. The van der Waals surface area contributed by atoms with E-state index in [9.17, 15) is 23.2 Å². The van der Waals surface area contributed by atoms with Crippen molar-refractivity contribution in [1.29, 1.82) is 0 Å². The lowest BCUT2D eigenvalue weighted by molar-refractivity contribution is -0.151. The smallest absolute Gasteiger partial charge is 0.387 e. The van der Waals surface area contributed by atoms with Gasteiger partial charge < -0.3 is 9.47 Å². The number of benzene rings is 1. The Bertz CT molecular complexity index is 689. The van der Waals surface area contributed by atoms with Gasteiger partial charge in [-0.3, -0.25) is 14.4 Å². The largest absolute Gasteiger partial charge is 0.435 e. The van der Waals surface area contributed by atoms with Crippen molar-refractivity contribution < 1.29 is 32.6 Å². The number of esters is 1. The van der Waals surface area contributed by atoms with Crippen LogP contribution in [0.25, 0.3) is 6.08 Å². The summed E-state index contributed by atoms with van der Waals surface area (Å²) in [6.45, 7) is -1.48. The van der Waals surface area contributed by atoms with Gasteiger partial charge in [0.25, 0.3) is 0 Å². The summed E-state index contributed by atoms with van der Waals surface area (Å²) in [5.74, 6) is -3.63. The van der Waals surface area contributed by atoms with E-state index < -0.39 is 30.1 Å². The molecule has 1 aromatic rings. The van der Waals surface area contributed by atoms with Crippen LogP contribution in [0.3, 0.4) is 0 Å². The average molecular weight is 322 g/mol. The predicted molar refractivity (Wildman–Crippen MR) is 75.5 cm³/mol. The van der Waals surface area contributed by atoms with Crippen LogP contribution < -0.4 is 4.74 Å². The van der Waals surface area contributed by atoms with Gasteiger partial charge in [-0.1, -0.05) is 18.2 Å². The van der Waals surface area contributed by atoms with Crippen LogP contribution in [0, 0.1) is 5.92 Å². The molecule has 0 aliphatic carbocycles. The molecule has 1 aliphatic rings. The highest BCUT2D eigenvalue weighted by atomic mass is 19.3. The van der Waals surface area contributed by atoms with Gasteiger partial charge in [0.2, 0.25) is 0 Å². The Balaban J connectivity index is 2.06. The maximum absolute atomic E-state index is 12.0. The van der Waals surface area contributed by atoms with Gasteiger partial charge in [0.05, 0.1) is 0 Å². The molecule has 0 radical (unpaired) electrons. The molecule has 1 unspecified atom stereocenters. The van der Waals surface area contributed by atoms with Gasteiger partial charge in [-0.2, -0.15) is 8.78 Å². The number of carbonyl (C=O) groups is 3. The second kappa shape index (κ2) is 6.95. The zero-order chi connectivity index (χ0) is 17.0. The first-order chi connectivity index (χ1) is 10.9. The Labute approximate surface area is 130 Å². The first-order valence-electron chi connectivity index (χ1n) is 6.57. The van der Waals surface area contributed by atoms with Gasteiger partial charge in [-0.05, 0) is 30.7 Å². The second-order valence-corrected chi connectivity index (χ2v) is 4.69. The van der Waals surface area contributed by atoms with E-state index >= 15 is 0 Å². The molecule has 0 fully saturated rings. The number of ketones is 2. The molecule has 0 saturated heterocycles. The standard InChI is InChI=1S/C16H12F2O5/c1-9-8-13(20)14(15(21)22-9)12(19)7-4-10-2-5-11(6-3-10)23-16(17)18/h2-8,14,16H,1H3/b7-4+. The average Bonchev–Trinajstić information content (AvgIpc) is 2.45. The number of hydrogen-bond acceptors (Lipinski definition) is 5. The number of rotatable bonds is 5. The minimum absolute atomic E-state index is 0.0184. The fourth-order valence-electron chi connectivity index (χ4n) is 1.94. The summed E-state index contributed by atoms with van der Waals surface area (Å²) in [7, 11) is 0. The van der Waals surface area contributed by atoms with Gasteiger partial charge in [0.1, 0.15) is 11.5 Å². The quantitative estimate of drug-likeness (QED) is 0.473. The van der Waals surface area contributed by atoms with Gasteiger partial charge in [-0.25, -0.2) is 0 Å². The van der Waals surface area contributed by atoms with Crippen LogP contribution in [0.2, 0.25) is 0 Å². The summed E-state index contributed by atoms with van der Waals surface area (Å²) in [6, 6.07) is 5.52. The molecule has 5 nitrogen and oxygen atoms in total. The number of halogens is 2. The highest BCUT2D eigenvalue weighted by molar-refractivity contribution is 6.25. The van der Waals surface area contributed by atoms with E-state index in [2.05, 4.69) is 4.74 Å². The lowest BCUT2D eigenvalue weighted by Gasteiger charge is -2.15. The van der Waals surface area contributed by atoms with Gasteiger partial charge in [-0.15, -0.1) is 0 Å². The van der Waals surface area contributed by atoms with E-state index in [4.69, 9.17) is 4.74 Å². The van der Waals surface area contributed by atoms with Crippen molar-refractivity contribution in [1.82, 2.24) is 0 Å². The zero-order valence-corrected chi connectivity index (χ0v) is 12.0. The molecule has 0 N–H and O–H groups in total. The fourth-order valence-corrected chi connectivity index (χ4v) is 1.94. The minimum Gasteiger partial charge on any atom is -0.435 e. The summed E-state index contributed by atoms with van der Waals surface area (Å²) in [5, 5.41) is 0. The van der Waals surface area contributed by atoms with Crippen LogP contribution in [0.4, 0.5) is 8.78 Å². The van der Waals surface area contributed by atoms with Gasteiger partial charge in [0, 0.05) is 6.08 Å². The summed E-state index contributed by atoms with van der Waals surface area (Å²) < 4.78 is 33.0. The molecule has 1 aliphatic heterocycles. The molecule has 120 valence electrons. The third-order valence-corrected chi connectivity index (χ3v) is 2.96. The molecular weight excluding hydrogens is 310 g/mol. The van der Waals surface area contributed by atoms with E-state index in [0.717, 1.165) is 12.2 Å². The number of cyclic esters (lactones) is 1. The molecule has 0 aromatic heterocycles. The van der Waals surface area contributed by atoms with Crippen molar-refractivity contribution in [2.75, 3.05) is 0 Å². The Hall–Kier alpha value is -2.83. The third kappa shape index (κ3) is 4.32. The predicted octanol–water partition coefficient (Wildman–Crippen LogP) is 2.52. The maximum atomic E-state index is 12.0. The highest BCUT2D eigenvalue weighted by Crippen LogP contribution is 2.18. The summed E-state index contributed by atoms with van der Waals surface area (Å²) in [4.78, 5) is 35.2. The van der Waals surface area contributed by atoms with Crippen LogP contribution in [0.1, 0.15) is 12.5 Å². The highest BCUT2D eigenvalue weighted by Gasteiger charge is 2.36. The first kappa shape index (κ1) is 16.5. The number of allylic oxidation sites excluding steroid dienone is 3. The Morgan fingerprint density at radius 3 is 2.48 bits per heavy atom. The molecule has 0 amide bonds. The molecule has 0 bridgehead atoms. The third-order valence-electron chi connectivity index (χ3n) is 2.96. The monoisotopic (exact) mass is 322 g/mol. The molecule has 23 heavy (non-hydrogen) atoms. The van der Waals surface area contributed by atoms with Crippen molar-refractivity contribution in [3.8, 4) is 5.75 Å². The molecular formula is C16H12F2O5. The molecule has 0 spiro atoms. The molecule has 1 aromatic carbocycles. The van der Waals surface area contributed by atoms with Crippen molar-refractivity contribution in [3.05, 3.63) is 47.7 Å². The Morgan fingerprint density at radius 2 is 1.91 bits per heavy atom.